The van der Waals surface area contributed by atoms with Gasteiger partial charge in [0, 0.05) is 37.2 Å². The number of carbonyl (C=O) groups is 1. The molecule has 142 valence electrons. The monoisotopic (exact) mass is 396 g/mol. The number of aromatic nitrogens is 1. The number of benzene rings is 1. The zero-order valence-corrected chi connectivity index (χ0v) is 16.2. The molecule has 0 aliphatic heterocycles. The third-order valence-electron chi connectivity index (χ3n) is 4.31. The number of nitrogens with zero attached hydrogens (tertiary/aromatic N) is 2. The summed E-state index contributed by atoms with van der Waals surface area (Å²) in [5.41, 5.74) is 8.15. The molecule has 0 saturated heterocycles. The maximum absolute atomic E-state index is 12.3. The average molecular weight is 397 g/mol. The predicted octanol–water partition coefficient (Wildman–Crippen LogP) is 2.79. The number of carbonyl (C=O) groups excluding carboxylic acids is 1. The second kappa shape index (κ2) is 11.0. The van der Waals surface area contributed by atoms with Gasteiger partial charge in [0.25, 0.3) is 0 Å². The van der Waals surface area contributed by atoms with Crippen molar-refractivity contribution in [3.8, 4) is 0 Å². The van der Waals surface area contributed by atoms with E-state index in [0.717, 1.165) is 11.3 Å². The van der Waals surface area contributed by atoms with Crippen LogP contribution in [0, 0.1) is 5.92 Å². The molecule has 1 unspecified atom stereocenters. The van der Waals surface area contributed by atoms with Crippen LogP contribution in [0.15, 0.2) is 54.9 Å². The smallest absolute Gasteiger partial charge is 0.239 e. The SMILES string of the molecule is Cl.Cl.NC(CNC(=O)CN(Cc1cccnc1)c1ccccc1)C1CC1. The van der Waals surface area contributed by atoms with Crippen molar-refractivity contribution in [1.29, 1.82) is 0 Å². The Morgan fingerprint density at radius 2 is 1.92 bits per heavy atom. The van der Waals surface area contributed by atoms with Gasteiger partial charge in [-0.2, -0.15) is 0 Å². The number of para-hydroxylation sites is 1. The summed E-state index contributed by atoms with van der Waals surface area (Å²) in [5.74, 6) is 0.588. The summed E-state index contributed by atoms with van der Waals surface area (Å²) >= 11 is 0. The lowest BCUT2D eigenvalue weighted by atomic mass is 10.2. The highest BCUT2D eigenvalue weighted by molar-refractivity contribution is 5.85. The minimum atomic E-state index is -0.00107. The molecule has 1 fully saturated rings. The van der Waals surface area contributed by atoms with Crippen LogP contribution in [0.4, 0.5) is 5.69 Å². The number of hydrogen-bond donors (Lipinski definition) is 2. The van der Waals surface area contributed by atoms with Gasteiger partial charge in [0.15, 0.2) is 0 Å². The van der Waals surface area contributed by atoms with Crippen LogP contribution in [0.25, 0.3) is 0 Å². The quantitative estimate of drug-likeness (QED) is 0.719. The van der Waals surface area contributed by atoms with E-state index in [-0.39, 0.29) is 36.8 Å². The van der Waals surface area contributed by atoms with Crippen LogP contribution >= 0.6 is 24.8 Å². The van der Waals surface area contributed by atoms with Crippen LogP contribution in [0.2, 0.25) is 0 Å². The first-order chi connectivity index (χ1) is 11.7. The molecule has 2 aromatic rings. The number of halogens is 2. The molecule has 1 aliphatic carbocycles. The Hall–Kier alpha value is -1.82. The molecule has 1 saturated carbocycles. The highest BCUT2D eigenvalue weighted by atomic mass is 35.5. The fourth-order valence-corrected chi connectivity index (χ4v) is 2.74. The fourth-order valence-electron chi connectivity index (χ4n) is 2.74. The summed E-state index contributed by atoms with van der Waals surface area (Å²) in [4.78, 5) is 18.5. The van der Waals surface area contributed by atoms with Crippen molar-refractivity contribution in [1.82, 2.24) is 10.3 Å². The Morgan fingerprint density at radius 3 is 2.54 bits per heavy atom. The van der Waals surface area contributed by atoms with E-state index in [0.29, 0.717) is 25.6 Å². The second-order valence-corrected chi connectivity index (χ2v) is 6.36. The third-order valence-corrected chi connectivity index (χ3v) is 4.31. The Morgan fingerprint density at radius 1 is 1.19 bits per heavy atom. The van der Waals surface area contributed by atoms with Gasteiger partial charge in [-0.25, -0.2) is 0 Å². The molecule has 1 amide bonds. The maximum Gasteiger partial charge on any atom is 0.239 e. The van der Waals surface area contributed by atoms with E-state index in [1.54, 1.807) is 6.20 Å². The standard InChI is InChI=1S/C19H24N4O.2ClH/c20-18(16-8-9-16)12-22-19(24)14-23(17-6-2-1-3-7-17)13-15-5-4-10-21-11-15;;/h1-7,10-11,16,18H,8-9,12-14,20H2,(H,22,24);2*1H. The third kappa shape index (κ3) is 6.83. The molecular weight excluding hydrogens is 371 g/mol. The van der Waals surface area contributed by atoms with Crippen molar-refractivity contribution in [2.24, 2.45) is 11.7 Å². The number of hydrogen-bond acceptors (Lipinski definition) is 4. The van der Waals surface area contributed by atoms with Crippen LogP contribution in [-0.4, -0.2) is 30.0 Å². The van der Waals surface area contributed by atoms with Gasteiger partial charge in [-0.15, -0.1) is 24.8 Å². The van der Waals surface area contributed by atoms with E-state index in [2.05, 4.69) is 15.2 Å². The molecule has 7 heteroatoms. The molecule has 1 aromatic carbocycles. The molecule has 0 bridgehead atoms. The molecular formula is C19H26Cl2N4O. The Bertz CT molecular complexity index is 653. The lowest BCUT2D eigenvalue weighted by Crippen LogP contribution is -2.43. The van der Waals surface area contributed by atoms with E-state index in [4.69, 9.17) is 5.73 Å². The number of amides is 1. The molecule has 1 aliphatic rings. The average Bonchev–Trinajstić information content (AvgIpc) is 3.46. The van der Waals surface area contributed by atoms with Gasteiger partial charge in [-0.3, -0.25) is 9.78 Å². The van der Waals surface area contributed by atoms with Crippen molar-refractivity contribution in [3.05, 3.63) is 60.4 Å². The molecule has 3 N–H and O–H groups in total. The summed E-state index contributed by atoms with van der Waals surface area (Å²) in [6.07, 6.45) is 5.96. The lowest BCUT2D eigenvalue weighted by molar-refractivity contribution is -0.119. The van der Waals surface area contributed by atoms with Crippen molar-refractivity contribution in [2.75, 3.05) is 18.0 Å². The van der Waals surface area contributed by atoms with Gasteiger partial charge in [-0.1, -0.05) is 24.3 Å². The summed E-state index contributed by atoms with van der Waals surface area (Å²) < 4.78 is 0. The molecule has 0 spiro atoms. The molecule has 26 heavy (non-hydrogen) atoms. The predicted molar refractivity (Wildman–Crippen MR) is 110 cm³/mol. The zero-order chi connectivity index (χ0) is 16.8. The van der Waals surface area contributed by atoms with E-state index in [1.165, 1.54) is 12.8 Å². The molecule has 3 rings (SSSR count). The van der Waals surface area contributed by atoms with Crippen LogP contribution in [-0.2, 0) is 11.3 Å². The molecule has 0 radical (unpaired) electrons. The second-order valence-electron chi connectivity index (χ2n) is 6.36. The van der Waals surface area contributed by atoms with Crippen molar-refractivity contribution in [2.45, 2.75) is 25.4 Å². The number of anilines is 1. The first-order valence-corrected chi connectivity index (χ1v) is 8.43. The van der Waals surface area contributed by atoms with Gasteiger partial charge in [0.1, 0.15) is 0 Å². The Kier molecular flexibility index (Phi) is 9.41. The topological polar surface area (TPSA) is 71.2 Å². The highest BCUT2D eigenvalue weighted by Gasteiger charge is 2.28. The number of nitrogens with one attached hydrogen (secondary N) is 1. The number of nitrogens with two attached hydrogens (primary N) is 1. The summed E-state index contributed by atoms with van der Waals surface area (Å²) in [7, 11) is 0. The largest absolute Gasteiger partial charge is 0.358 e. The van der Waals surface area contributed by atoms with Gasteiger partial charge in [0.2, 0.25) is 5.91 Å². The minimum Gasteiger partial charge on any atom is -0.358 e. The summed E-state index contributed by atoms with van der Waals surface area (Å²) in [6, 6.07) is 14.0. The Balaban J connectivity index is 0.00000169. The Labute approximate surface area is 167 Å². The van der Waals surface area contributed by atoms with Crippen LogP contribution in [0.3, 0.4) is 0 Å². The van der Waals surface area contributed by atoms with E-state index in [9.17, 15) is 4.79 Å². The summed E-state index contributed by atoms with van der Waals surface area (Å²) in [6.45, 7) is 1.50. The first kappa shape index (κ1) is 22.2. The molecule has 1 atom stereocenters. The van der Waals surface area contributed by atoms with Crippen molar-refractivity contribution in [3.63, 3.8) is 0 Å². The van der Waals surface area contributed by atoms with E-state index < -0.39 is 0 Å². The molecule has 5 nitrogen and oxygen atoms in total. The van der Waals surface area contributed by atoms with Gasteiger partial charge in [-0.05, 0) is 42.5 Å². The van der Waals surface area contributed by atoms with E-state index >= 15 is 0 Å². The maximum atomic E-state index is 12.3. The zero-order valence-electron chi connectivity index (χ0n) is 14.6. The van der Waals surface area contributed by atoms with Crippen LogP contribution in [0.5, 0.6) is 0 Å². The fraction of sp³-hybridized carbons (Fsp3) is 0.368. The van der Waals surface area contributed by atoms with Crippen molar-refractivity contribution < 1.29 is 4.79 Å². The number of rotatable bonds is 8. The van der Waals surface area contributed by atoms with Crippen LogP contribution < -0.4 is 16.0 Å². The minimum absolute atomic E-state index is 0. The normalized spacial score (nSPS) is 13.7. The van der Waals surface area contributed by atoms with Gasteiger partial charge >= 0.3 is 0 Å². The summed E-state index contributed by atoms with van der Waals surface area (Å²) in [5, 5.41) is 2.97. The van der Waals surface area contributed by atoms with Gasteiger partial charge < -0.3 is 16.0 Å². The highest BCUT2D eigenvalue weighted by Crippen LogP contribution is 2.31. The van der Waals surface area contributed by atoms with Gasteiger partial charge in [0.05, 0.1) is 6.54 Å². The first-order valence-electron chi connectivity index (χ1n) is 8.43. The van der Waals surface area contributed by atoms with E-state index in [1.807, 2.05) is 48.7 Å². The molecule has 1 heterocycles. The molecule has 1 aromatic heterocycles. The number of pyridine rings is 1. The van der Waals surface area contributed by atoms with Crippen LogP contribution in [0.1, 0.15) is 18.4 Å². The van der Waals surface area contributed by atoms with Crippen molar-refractivity contribution >= 4 is 36.4 Å². The lowest BCUT2D eigenvalue weighted by Gasteiger charge is -2.24.